The molecule has 2 N–H and O–H groups in total. The molecule has 6 atom stereocenters. The van der Waals surface area contributed by atoms with E-state index in [0.29, 0.717) is 5.56 Å². The van der Waals surface area contributed by atoms with Crippen LogP contribution in [-0.2, 0) is 18.9 Å². The van der Waals surface area contributed by atoms with E-state index in [1.54, 1.807) is 12.1 Å². The average molecular weight is 376 g/mol. The van der Waals surface area contributed by atoms with Crippen molar-refractivity contribution in [1.29, 1.82) is 0 Å². The predicted octanol–water partition coefficient (Wildman–Crippen LogP) is 2.08. The lowest BCUT2D eigenvalue weighted by Crippen LogP contribution is -2.58. The third-order valence-corrected chi connectivity index (χ3v) is 4.74. The number of ether oxygens (including phenoxy) is 4. The number of benzene rings is 2. The summed E-state index contributed by atoms with van der Waals surface area (Å²) in [6.07, 6.45) is -4.53. The Morgan fingerprint density at radius 3 is 2.33 bits per heavy atom. The Labute approximate surface area is 156 Å². The monoisotopic (exact) mass is 376 g/mol. The van der Waals surface area contributed by atoms with E-state index in [1.165, 1.54) is 12.1 Å². The molecule has 0 radical (unpaired) electrons. The Hall–Kier alpha value is -1.87. The van der Waals surface area contributed by atoms with Gasteiger partial charge in [-0.1, -0.05) is 42.5 Å². The molecule has 2 fully saturated rings. The topological polar surface area (TPSA) is 77.4 Å². The van der Waals surface area contributed by atoms with Gasteiger partial charge in [-0.3, -0.25) is 0 Å². The fourth-order valence-corrected chi connectivity index (χ4v) is 3.34. The van der Waals surface area contributed by atoms with Crippen LogP contribution in [0.15, 0.2) is 54.6 Å². The summed E-state index contributed by atoms with van der Waals surface area (Å²) in [7, 11) is 0. The number of fused-ring (bicyclic) bond motifs is 1. The highest BCUT2D eigenvalue weighted by molar-refractivity contribution is 5.19. The van der Waals surface area contributed by atoms with Crippen LogP contribution in [0.4, 0.5) is 4.39 Å². The number of aliphatic hydroxyl groups is 2. The molecule has 4 rings (SSSR count). The zero-order valence-electron chi connectivity index (χ0n) is 14.5. The smallest absolute Gasteiger partial charge is 0.184 e. The summed E-state index contributed by atoms with van der Waals surface area (Å²) >= 11 is 0. The van der Waals surface area contributed by atoms with Crippen LogP contribution in [0.25, 0.3) is 0 Å². The summed E-state index contributed by atoms with van der Waals surface area (Å²) in [6.45, 7) is -0.246. The summed E-state index contributed by atoms with van der Waals surface area (Å²) in [5.41, 5.74) is 1.45. The second kappa shape index (κ2) is 8.02. The van der Waals surface area contributed by atoms with E-state index < -0.39 is 43.6 Å². The van der Waals surface area contributed by atoms with E-state index in [0.717, 1.165) is 5.56 Å². The van der Waals surface area contributed by atoms with Gasteiger partial charge in [-0.2, -0.15) is 0 Å². The quantitative estimate of drug-likeness (QED) is 0.851. The van der Waals surface area contributed by atoms with Crippen LogP contribution in [0, 0.1) is 5.82 Å². The maximum absolute atomic E-state index is 13.2. The fourth-order valence-electron chi connectivity index (χ4n) is 3.34. The van der Waals surface area contributed by atoms with Crippen molar-refractivity contribution < 1.29 is 33.6 Å². The molecule has 27 heavy (non-hydrogen) atoms. The largest absolute Gasteiger partial charge is 0.394 e. The maximum atomic E-state index is 13.2. The highest BCUT2D eigenvalue weighted by Gasteiger charge is 2.48. The fraction of sp³-hybridized carbons (Fsp3) is 0.400. The molecule has 2 aliphatic rings. The molecule has 2 unspecified atom stereocenters. The lowest BCUT2D eigenvalue weighted by molar-refractivity contribution is -0.373. The summed E-state index contributed by atoms with van der Waals surface area (Å²) < 4.78 is 36.8. The molecular formula is C20H21FO6. The molecule has 144 valence electrons. The lowest BCUT2D eigenvalue weighted by atomic mass is 9.99. The first-order valence-electron chi connectivity index (χ1n) is 8.83. The number of halogens is 1. The molecule has 2 heterocycles. The highest BCUT2D eigenvalue weighted by Crippen LogP contribution is 2.38. The molecule has 0 aromatic heterocycles. The van der Waals surface area contributed by atoms with Crippen LogP contribution < -0.4 is 0 Å². The van der Waals surface area contributed by atoms with Crippen molar-refractivity contribution in [3.8, 4) is 0 Å². The van der Waals surface area contributed by atoms with Crippen molar-refractivity contribution in [2.75, 3.05) is 13.2 Å². The molecule has 0 bridgehead atoms. The summed E-state index contributed by atoms with van der Waals surface area (Å²) in [6, 6.07) is 15.2. The Kier molecular flexibility index (Phi) is 5.49. The first kappa shape index (κ1) is 18.5. The van der Waals surface area contributed by atoms with Gasteiger partial charge in [0.05, 0.1) is 13.2 Å². The number of rotatable bonds is 4. The normalized spacial score (nSPS) is 31.9. The molecule has 2 aromatic carbocycles. The minimum atomic E-state index is -1.15. The first-order valence-corrected chi connectivity index (χ1v) is 8.83. The van der Waals surface area contributed by atoms with Gasteiger partial charge in [-0.25, -0.2) is 4.39 Å². The van der Waals surface area contributed by atoms with Gasteiger partial charge in [-0.05, 0) is 12.1 Å². The molecule has 0 amide bonds. The second-order valence-electron chi connectivity index (χ2n) is 6.59. The lowest BCUT2D eigenvalue weighted by Gasteiger charge is -2.47. The number of hydrogen-bond acceptors (Lipinski definition) is 6. The van der Waals surface area contributed by atoms with Crippen molar-refractivity contribution in [3.05, 3.63) is 71.5 Å². The molecule has 0 spiro atoms. The summed E-state index contributed by atoms with van der Waals surface area (Å²) in [4.78, 5) is 0. The Morgan fingerprint density at radius 2 is 1.63 bits per heavy atom. The predicted molar refractivity (Wildman–Crippen MR) is 92.0 cm³/mol. The van der Waals surface area contributed by atoms with Crippen molar-refractivity contribution in [1.82, 2.24) is 0 Å². The Bertz CT molecular complexity index is 740. The maximum Gasteiger partial charge on any atom is 0.184 e. The number of aliphatic hydroxyl groups excluding tert-OH is 2. The van der Waals surface area contributed by atoms with Crippen LogP contribution in [0.2, 0.25) is 0 Å². The zero-order chi connectivity index (χ0) is 18.8. The van der Waals surface area contributed by atoms with Crippen molar-refractivity contribution in [2.45, 2.75) is 37.0 Å². The molecule has 6 nitrogen and oxygen atoms in total. The van der Waals surface area contributed by atoms with Gasteiger partial charge in [0.2, 0.25) is 0 Å². The molecule has 0 saturated carbocycles. The van der Waals surface area contributed by atoms with E-state index in [2.05, 4.69) is 0 Å². The molecule has 2 aliphatic heterocycles. The third-order valence-electron chi connectivity index (χ3n) is 4.74. The van der Waals surface area contributed by atoms with Gasteiger partial charge >= 0.3 is 0 Å². The van der Waals surface area contributed by atoms with Crippen LogP contribution in [0.3, 0.4) is 0 Å². The van der Waals surface area contributed by atoms with E-state index in [9.17, 15) is 14.6 Å². The van der Waals surface area contributed by atoms with Crippen LogP contribution in [0.5, 0.6) is 0 Å². The van der Waals surface area contributed by atoms with Crippen molar-refractivity contribution in [2.24, 2.45) is 0 Å². The number of hydrogen-bond donors (Lipinski definition) is 2. The third kappa shape index (κ3) is 3.89. The molecular weight excluding hydrogens is 355 g/mol. The summed E-state index contributed by atoms with van der Waals surface area (Å²) in [5, 5.41) is 19.7. The molecule has 2 aromatic rings. The standard InChI is InChI=1S/C20H21FO6/c21-14-8-6-13(7-9-14)20-25-16-11-24-19(12-4-2-1-3-5-12)27-18(16)17(26-20)15(23)10-22/h1-9,15-20,22-23H,10-11H2/t15-,16+,17-,18-,19?,20?/m1/s1. The van der Waals surface area contributed by atoms with Crippen molar-refractivity contribution in [3.63, 3.8) is 0 Å². The van der Waals surface area contributed by atoms with Crippen LogP contribution >= 0.6 is 0 Å². The van der Waals surface area contributed by atoms with Crippen LogP contribution in [-0.4, -0.2) is 47.8 Å². The van der Waals surface area contributed by atoms with Gasteiger partial charge < -0.3 is 29.2 Å². The second-order valence-corrected chi connectivity index (χ2v) is 6.59. The van der Waals surface area contributed by atoms with Gasteiger partial charge in [0, 0.05) is 11.1 Å². The highest BCUT2D eigenvalue weighted by atomic mass is 19.1. The Balaban J connectivity index is 1.55. The van der Waals surface area contributed by atoms with Gasteiger partial charge in [0.25, 0.3) is 0 Å². The SMILES string of the molecule is OC[C@@H](O)[C@H]1OC(c2ccc(F)cc2)O[C@H]2COC(c3ccccc3)O[C@@H]12. The first-order chi connectivity index (χ1) is 13.2. The minimum Gasteiger partial charge on any atom is -0.394 e. The molecule has 0 aliphatic carbocycles. The Morgan fingerprint density at radius 1 is 0.926 bits per heavy atom. The zero-order valence-corrected chi connectivity index (χ0v) is 14.5. The van der Waals surface area contributed by atoms with E-state index in [1.807, 2.05) is 30.3 Å². The van der Waals surface area contributed by atoms with Crippen molar-refractivity contribution >= 4 is 0 Å². The van der Waals surface area contributed by atoms with E-state index >= 15 is 0 Å². The van der Waals surface area contributed by atoms with Gasteiger partial charge in [0.15, 0.2) is 12.6 Å². The molecule has 7 heteroatoms. The van der Waals surface area contributed by atoms with Gasteiger partial charge in [-0.15, -0.1) is 0 Å². The minimum absolute atomic E-state index is 0.236. The van der Waals surface area contributed by atoms with E-state index in [-0.39, 0.29) is 12.4 Å². The van der Waals surface area contributed by atoms with Crippen LogP contribution in [0.1, 0.15) is 23.7 Å². The molecule has 2 saturated heterocycles. The summed E-state index contributed by atoms with van der Waals surface area (Å²) in [5.74, 6) is -0.366. The average Bonchev–Trinajstić information content (AvgIpc) is 2.73. The van der Waals surface area contributed by atoms with Gasteiger partial charge in [0.1, 0.15) is 30.2 Å². The van der Waals surface area contributed by atoms with E-state index in [4.69, 9.17) is 18.9 Å².